The Morgan fingerprint density at radius 3 is 2.50 bits per heavy atom. The summed E-state index contributed by atoms with van der Waals surface area (Å²) in [6.45, 7) is 1.90. The van der Waals surface area contributed by atoms with Gasteiger partial charge in [-0.15, -0.1) is 0 Å². The van der Waals surface area contributed by atoms with Crippen LogP contribution in [0.5, 0.6) is 0 Å². The minimum atomic E-state index is -0.580. The van der Waals surface area contributed by atoms with Gasteiger partial charge in [-0.3, -0.25) is 15.1 Å². The largest absolute Gasteiger partial charge is 0.623 e. The Balaban J connectivity index is 2.42. The number of quaternary nitrogens is 1. The third kappa shape index (κ3) is 2.34. The molecule has 0 fully saturated rings. The molecule has 1 unspecified atom stereocenters. The summed E-state index contributed by atoms with van der Waals surface area (Å²) in [4.78, 5) is 14.0. The number of aromatic nitrogens is 1. The van der Waals surface area contributed by atoms with Crippen LogP contribution in [0.15, 0.2) is 42.7 Å². The highest BCUT2D eigenvalue weighted by Crippen LogP contribution is 2.20. The summed E-state index contributed by atoms with van der Waals surface area (Å²) in [5.74, 6) is 0. The van der Waals surface area contributed by atoms with Gasteiger partial charge < -0.3 is 10.3 Å². The summed E-state index contributed by atoms with van der Waals surface area (Å²) in [5.41, 5.74) is 1.21. The molecule has 0 radical (unpaired) electrons. The van der Waals surface area contributed by atoms with Crippen molar-refractivity contribution in [2.45, 2.75) is 6.92 Å². The van der Waals surface area contributed by atoms with Gasteiger partial charge in [0.25, 0.3) is 0 Å². The van der Waals surface area contributed by atoms with Crippen LogP contribution in [0.25, 0.3) is 0 Å². The molecule has 0 aliphatic rings. The fourth-order valence-electron chi connectivity index (χ4n) is 1.58. The van der Waals surface area contributed by atoms with Crippen molar-refractivity contribution < 1.29 is 9.99 Å². The van der Waals surface area contributed by atoms with E-state index in [-0.39, 0.29) is 11.4 Å². The van der Waals surface area contributed by atoms with Gasteiger partial charge in [0.1, 0.15) is 5.69 Å². The smallest absolute Gasteiger partial charge is 0.333 e. The SMILES string of the molecule is Cc1ccc([NH+]([O-])c2cnccc2[N+](=O)[O-])cc1. The zero-order valence-electron chi connectivity index (χ0n) is 9.66. The summed E-state index contributed by atoms with van der Waals surface area (Å²) >= 11 is 0. The summed E-state index contributed by atoms with van der Waals surface area (Å²) in [5, 5.41) is 22.6. The van der Waals surface area contributed by atoms with Gasteiger partial charge in [-0.05, 0) is 6.92 Å². The maximum atomic E-state index is 12.1. The molecule has 1 heterocycles. The molecule has 1 N–H and O–H groups in total. The monoisotopic (exact) mass is 245 g/mol. The highest BCUT2D eigenvalue weighted by molar-refractivity contribution is 5.52. The summed E-state index contributed by atoms with van der Waals surface area (Å²) in [6.07, 6.45) is 2.52. The maximum Gasteiger partial charge on any atom is 0.333 e. The number of nitrogens with one attached hydrogen (secondary N) is 1. The molecule has 2 rings (SSSR count). The molecule has 0 saturated carbocycles. The molecule has 0 amide bonds. The Bertz CT molecular complexity index is 569. The van der Waals surface area contributed by atoms with Crippen LogP contribution in [-0.2, 0) is 0 Å². The van der Waals surface area contributed by atoms with E-state index in [2.05, 4.69) is 4.98 Å². The van der Waals surface area contributed by atoms with E-state index in [1.54, 1.807) is 24.3 Å². The van der Waals surface area contributed by atoms with Crippen LogP contribution >= 0.6 is 0 Å². The molecule has 2 aromatic rings. The van der Waals surface area contributed by atoms with E-state index in [9.17, 15) is 15.3 Å². The molecule has 0 aliphatic heterocycles. The van der Waals surface area contributed by atoms with Gasteiger partial charge in [0.05, 0.1) is 11.1 Å². The summed E-state index contributed by atoms with van der Waals surface area (Å²) in [7, 11) is 0. The molecule has 0 saturated heterocycles. The van der Waals surface area contributed by atoms with Gasteiger partial charge in [-0.1, -0.05) is 17.7 Å². The number of nitrogens with zero attached hydrogens (tertiary/aromatic N) is 2. The number of nitro groups is 1. The van der Waals surface area contributed by atoms with Crippen molar-refractivity contribution in [3.63, 3.8) is 0 Å². The van der Waals surface area contributed by atoms with Gasteiger partial charge >= 0.3 is 5.69 Å². The van der Waals surface area contributed by atoms with Gasteiger partial charge in [0.2, 0.25) is 5.69 Å². The van der Waals surface area contributed by atoms with E-state index in [4.69, 9.17) is 0 Å². The quantitative estimate of drug-likeness (QED) is 0.658. The molecule has 1 aromatic carbocycles. The predicted molar refractivity (Wildman–Crippen MR) is 65.7 cm³/mol. The van der Waals surface area contributed by atoms with Crippen LogP contribution in [-0.4, -0.2) is 9.91 Å². The van der Waals surface area contributed by atoms with Gasteiger partial charge in [0.15, 0.2) is 0 Å². The lowest BCUT2D eigenvalue weighted by atomic mass is 10.2. The van der Waals surface area contributed by atoms with Gasteiger partial charge in [0, 0.05) is 24.4 Å². The van der Waals surface area contributed by atoms with Gasteiger partial charge in [-0.2, -0.15) is 0 Å². The lowest BCUT2D eigenvalue weighted by molar-refractivity contribution is -0.701. The zero-order valence-corrected chi connectivity index (χ0v) is 9.66. The van der Waals surface area contributed by atoms with Crippen molar-refractivity contribution in [3.05, 3.63) is 63.6 Å². The molecule has 0 aliphatic carbocycles. The summed E-state index contributed by atoms with van der Waals surface area (Å²) in [6, 6.07) is 8.09. The van der Waals surface area contributed by atoms with Gasteiger partial charge in [-0.25, -0.2) is 0 Å². The van der Waals surface area contributed by atoms with Crippen LogP contribution in [0.3, 0.4) is 0 Å². The lowest BCUT2D eigenvalue weighted by Crippen LogP contribution is -2.96. The second-order valence-corrected chi connectivity index (χ2v) is 3.85. The first-order valence-corrected chi connectivity index (χ1v) is 5.29. The van der Waals surface area contributed by atoms with E-state index in [1.165, 1.54) is 18.5 Å². The fraction of sp³-hybridized carbons (Fsp3) is 0.0833. The van der Waals surface area contributed by atoms with Crippen LogP contribution in [0, 0.1) is 22.2 Å². The number of aryl methyl sites for hydroxylation is 1. The van der Waals surface area contributed by atoms with Crippen LogP contribution in [0.2, 0.25) is 0 Å². The molecule has 6 nitrogen and oxygen atoms in total. The second kappa shape index (κ2) is 4.91. The van der Waals surface area contributed by atoms with E-state index < -0.39 is 9.99 Å². The zero-order chi connectivity index (χ0) is 13.1. The van der Waals surface area contributed by atoms with Crippen LogP contribution in [0.1, 0.15) is 5.56 Å². The summed E-state index contributed by atoms with van der Waals surface area (Å²) < 4.78 is 0. The maximum absolute atomic E-state index is 12.1. The number of hydrogen-bond donors (Lipinski definition) is 1. The normalized spacial score (nSPS) is 12.1. The van der Waals surface area contributed by atoms with E-state index in [0.29, 0.717) is 5.69 Å². The lowest BCUT2D eigenvalue weighted by Gasteiger charge is -2.20. The Morgan fingerprint density at radius 2 is 1.89 bits per heavy atom. The molecular weight excluding hydrogens is 234 g/mol. The van der Waals surface area contributed by atoms with E-state index in [0.717, 1.165) is 5.56 Å². The Kier molecular flexibility index (Phi) is 3.31. The first-order chi connectivity index (χ1) is 8.59. The molecular formula is C12H11N3O3. The highest BCUT2D eigenvalue weighted by atomic mass is 16.6. The first kappa shape index (κ1) is 12.2. The number of pyridine rings is 1. The number of benzene rings is 1. The van der Waals surface area contributed by atoms with Crippen molar-refractivity contribution in [3.8, 4) is 0 Å². The highest BCUT2D eigenvalue weighted by Gasteiger charge is 2.20. The fourth-order valence-corrected chi connectivity index (χ4v) is 1.58. The van der Waals surface area contributed by atoms with Crippen molar-refractivity contribution >= 4 is 17.1 Å². The van der Waals surface area contributed by atoms with Crippen molar-refractivity contribution in [1.29, 1.82) is 0 Å². The third-order valence-corrected chi connectivity index (χ3v) is 2.55. The van der Waals surface area contributed by atoms with Crippen molar-refractivity contribution in [2.75, 3.05) is 0 Å². The molecule has 92 valence electrons. The Hall–Kier alpha value is -2.31. The Labute approximate surface area is 103 Å². The minimum Gasteiger partial charge on any atom is -0.623 e. The molecule has 0 bridgehead atoms. The molecule has 1 atom stereocenters. The van der Waals surface area contributed by atoms with Crippen LogP contribution in [0.4, 0.5) is 17.1 Å². The molecule has 1 aromatic heterocycles. The molecule has 18 heavy (non-hydrogen) atoms. The number of hydrogen-bond acceptors (Lipinski definition) is 4. The standard InChI is InChI=1S/C12H11N3O3/c1-9-2-4-10(5-3-9)14(16)12-8-13-7-6-11(12)15(17)18/h2-8,14H,1H3. The van der Waals surface area contributed by atoms with E-state index in [1.807, 2.05) is 6.92 Å². The van der Waals surface area contributed by atoms with E-state index >= 15 is 0 Å². The third-order valence-electron chi connectivity index (χ3n) is 2.55. The minimum absolute atomic E-state index is 0.00588. The predicted octanol–water partition coefficient (Wildman–Crippen LogP) is 1.64. The number of rotatable bonds is 3. The Morgan fingerprint density at radius 1 is 1.22 bits per heavy atom. The van der Waals surface area contributed by atoms with Crippen LogP contribution < -0.4 is 5.06 Å². The average Bonchev–Trinajstić information content (AvgIpc) is 2.39. The first-order valence-electron chi connectivity index (χ1n) is 5.29. The van der Waals surface area contributed by atoms with Crippen molar-refractivity contribution in [1.82, 2.24) is 4.98 Å². The second-order valence-electron chi connectivity index (χ2n) is 3.85. The molecule has 0 spiro atoms. The molecule has 6 heteroatoms. The topological polar surface area (TPSA) is 83.5 Å². The average molecular weight is 245 g/mol. The van der Waals surface area contributed by atoms with Crippen molar-refractivity contribution in [2.24, 2.45) is 0 Å².